The highest BCUT2D eigenvalue weighted by Crippen LogP contribution is 2.32. The Morgan fingerprint density at radius 2 is 2.32 bits per heavy atom. The maximum Gasteiger partial charge on any atom is 0.252 e. The number of carbonyl (C=O) groups excluding carboxylic acids is 1. The zero-order chi connectivity index (χ0) is 13.8. The first-order chi connectivity index (χ1) is 9.15. The molecule has 0 spiro atoms. The summed E-state index contributed by atoms with van der Waals surface area (Å²) in [5.41, 5.74) is 6.08. The van der Waals surface area contributed by atoms with Crippen molar-refractivity contribution in [3.05, 3.63) is 29.8 Å². The number of hydrogen-bond acceptors (Lipinski definition) is 4. The van der Waals surface area contributed by atoms with E-state index in [0.29, 0.717) is 11.3 Å². The Morgan fingerprint density at radius 1 is 1.58 bits per heavy atom. The lowest BCUT2D eigenvalue weighted by Crippen LogP contribution is -2.46. The van der Waals surface area contributed by atoms with Gasteiger partial charge in [0.15, 0.2) is 5.84 Å². The van der Waals surface area contributed by atoms with Gasteiger partial charge in [0.1, 0.15) is 5.75 Å². The van der Waals surface area contributed by atoms with E-state index in [-0.39, 0.29) is 17.7 Å². The summed E-state index contributed by atoms with van der Waals surface area (Å²) in [5.74, 6) is 0.644. The number of amides is 1. The van der Waals surface area contributed by atoms with Gasteiger partial charge in [0, 0.05) is 5.56 Å². The minimum absolute atomic E-state index is 0.0405. The van der Waals surface area contributed by atoms with E-state index in [9.17, 15) is 4.79 Å². The van der Waals surface area contributed by atoms with Crippen LogP contribution in [0, 0.1) is 5.92 Å². The van der Waals surface area contributed by atoms with Gasteiger partial charge in [-0.05, 0) is 37.0 Å². The molecule has 1 fully saturated rings. The second-order valence-electron chi connectivity index (χ2n) is 4.55. The Morgan fingerprint density at radius 3 is 2.89 bits per heavy atom. The molecule has 6 heteroatoms. The normalized spacial score (nSPS) is 16.8. The highest BCUT2D eigenvalue weighted by atomic mass is 16.5. The van der Waals surface area contributed by atoms with Gasteiger partial charge in [-0.15, -0.1) is 0 Å². The third-order valence-electron chi connectivity index (χ3n) is 3.15. The van der Waals surface area contributed by atoms with Crippen LogP contribution < -0.4 is 15.8 Å². The number of nitrogens with one attached hydrogen (secondary N) is 1. The molecule has 1 unspecified atom stereocenters. The molecule has 2 rings (SSSR count). The first kappa shape index (κ1) is 13.2. The van der Waals surface area contributed by atoms with Crippen molar-refractivity contribution < 1.29 is 14.7 Å². The SMILES string of the molecule is COc1cccc(C(=O)NC(C(N)=NO)C2CC2)c1. The lowest BCUT2D eigenvalue weighted by atomic mass is 10.1. The predicted octanol–water partition coefficient (Wildman–Crippen LogP) is 0.950. The maximum absolute atomic E-state index is 12.1. The standard InChI is InChI=1S/C13H17N3O3/c1-19-10-4-2-3-9(7-10)13(17)15-11(8-5-6-8)12(14)16-18/h2-4,7-8,11,18H,5-6H2,1H3,(H2,14,16)(H,15,17). The van der Waals surface area contributed by atoms with Crippen LogP contribution in [0.3, 0.4) is 0 Å². The number of hydrogen-bond donors (Lipinski definition) is 3. The number of nitrogens with two attached hydrogens (primary N) is 1. The Labute approximate surface area is 111 Å². The van der Waals surface area contributed by atoms with Crippen molar-refractivity contribution in [1.82, 2.24) is 5.32 Å². The third-order valence-corrected chi connectivity index (χ3v) is 3.15. The molecule has 1 aliphatic rings. The van der Waals surface area contributed by atoms with Gasteiger partial charge in [0.05, 0.1) is 13.2 Å². The summed E-state index contributed by atoms with van der Waals surface area (Å²) in [4.78, 5) is 12.1. The Hall–Kier alpha value is -2.24. The molecule has 0 bridgehead atoms. The van der Waals surface area contributed by atoms with Crippen LogP contribution in [-0.2, 0) is 0 Å². The zero-order valence-corrected chi connectivity index (χ0v) is 10.7. The van der Waals surface area contributed by atoms with Gasteiger partial charge in [0.2, 0.25) is 0 Å². The van der Waals surface area contributed by atoms with Crippen LogP contribution in [0.25, 0.3) is 0 Å². The lowest BCUT2D eigenvalue weighted by molar-refractivity contribution is 0.0942. The molecule has 1 aromatic rings. The average Bonchev–Trinajstić information content (AvgIpc) is 3.28. The summed E-state index contributed by atoms with van der Waals surface area (Å²) in [6, 6.07) is 6.42. The molecule has 0 aliphatic heterocycles. The number of rotatable bonds is 5. The van der Waals surface area contributed by atoms with Gasteiger partial charge >= 0.3 is 0 Å². The van der Waals surface area contributed by atoms with Crippen LogP contribution in [-0.4, -0.2) is 30.1 Å². The quantitative estimate of drug-likeness (QED) is 0.319. The van der Waals surface area contributed by atoms with Crippen LogP contribution in [0.1, 0.15) is 23.2 Å². The Kier molecular flexibility index (Phi) is 3.89. The summed E-state index contributed by atoms with van der Waals surface area (Å²) in [6.07, 6.45) is 1.94. The van der Waals surface area contributed by atoms with Crippen molar-refractivity contribution in [3.63, 3.8) is 0 Å². The van der Waals surface area contributed by atoms with E-state index in [1.807, 2.05) is 0 Å². The van der Waals surface area contributed by atoms with Gasteiger partial charge in [-0.1, -0.05) is 11.2 Å². The zero-order valence-electron chi connectivity index (χ0n) is 10.7. The molecule has 6 nitrogen and oxygen atoms in total. The molecule has 4 N–H and O–H groups in total. The van der Waals surface area contributed by atoms with Gasteiger partial charge < -0.3 is 21.0 Å². The lowest BCUT2D eigenvalue weighted by Gasteiger charge is -2.16. The second-order valence-corrected chi connectivity index (χ2v) is 4.55. The van der Waals surface area contributed by atoms with E-state index in [4.69, 9.17) is 15.7 Å². The highest BCUT2D eigenvalue weighted by Gasteiger charge is 2.35. The van der Waals surface area contributed by atoms with E-state index in [2.05, 4.69) is 10.5 Å². The molecule has 0 aromatic heterocycles. The number of ether oxygens (including phenoxy) is 1. The number of nitrogens with zero attached hydrogens (tertiary/aromatic N) is 1. The third kappa shape index (κ3) is 3.15. The fourth-order valence-corrected chi connectivity index (χ4v) is 1.91. The van der Waals surface area contributed by atoms with E-state index in [0.717, 1.165) is 12.8 Å². The number of carbonyl (C=O) groups is 1. The fourth-order valence-electron chi connectivity index (χ4n) is 1.91. The van der Waals surface area contributed by atoms with Crippen LogP contribution in [0.4, 0.5) is 0 Å². The molecule has 1 atom stereocenters. The van der Waals surface area contributed by atoms with Gasteiger partial charge in [-0.25, -0.2) is 0 Å². The van der Waals surface area contributed by atoms with Crippen LogP contribution in [0.5, 0.6) is 5.75 Å². The molecule has 0 saturated heterocycles. The molecular weight excluding hydrogens is 246 g/mol. The van der Waals surface area contributed by atoms with Crippen molar-refractivity contribution in [2.45, 2.75) is 18.9 Å². The van der Waals surface area contributed by atoms with Gasteiger partial charge in [0.25, 0.3) is 5.91 Å². The number of amidine groups is 1. The number of oxime groups is 1. The van der Waals surface area contributed by atoms with E-state index >= 15 is 0 Å². The molecule has 1 aromatic carbocycles. The summed E-state index contributed by atoms with van der Waals surface area (Å²) in [6.45, 7) is 0. The van der Waals surface area contributed by atoms with Gasteiger partial charge in [-0.3, -0.25) is 4.79 Å². The molecule has 19 heavy (non-hydrogen) atoms. The van der Waals surface area contributed by atoms with E-state index < -0.39 is 6.04 Å². The first-order valence-corrected chi connectivity index (χ1v) is 6.08. The molecule has 0 heterocycles. The minimum atomic E-state index is -0.413. The summed E-state index contributed by atoms with van der Waals surface area (Å²) >= 11 is 0. The average molecular weight is 263 g/mol. The van der Waals surface area contributed by atoms with Crippen molar-refractivity contribution >= 4 is 11.7 Å². The summed E-state index contributed by atoms with van der Waals surface area (Å²) in [5, 5.41) is 14.5. The van der Waals surface area contributed by atoms with Crippen LogP contribution in [0.15, 0.2) is 29.4 Å². The van der Waals surface area contributed by atoms with E-state index in [1.54, 1.807) is 31.4 Å². The molecule has 1 aliphatic carbocycles. The minimum Gasteiger partial charge on any atom is -0.497 e. The molecule has 0 radical (unpaired) electrons. The van der Waals surface area contributed by atoms with Gasteiger partial charge in [-0.2, -0.15) is 0 Å². The van der Waals surface area contributed by atoms with Crippen molar-refractivity contribution in [2.24, 2.45) is 16.8 Å². The Balaban J connectivity index is 2.10. The largest absolute Gasteiger partial charge is 0.497 e. The molecule has 1 amide bonds. The molecule has 102 valence electrons. The van der Waals surface area contributed by atoms with E-state index in [1.165, 1.54) is 0 Å². The smallest absolute Gasteiger partial charge is 0.252 e. The van der Waals surface area contributed by atoms with Crippen molar-refractivity contribution in [3.8, 4) is 5.75 Å². The van der Waals surface area contributed by atoms with Crippen molar-refractivity contribution in [1.29, 1.82) is 0 Å². The van der Waals surface area contributed by atoms with Crippen LogP contribution in [0.2, 0.25) is 0 Å². The fraction of sp³-hybridized carbons (Fsp3) is 0.385. The molecule has 1 saturated carbocycles. The first-order valence-electron chi connectivity index (χ1n) is 6.08. The predicted molar refractivity (Wildman–Crippen MR) is 70.4 cm³/mol. The van der Waals surface area contributed by atoms with Crippen LogP contribution >= 0.6 is 0 Å². The topological polar surface area (TPSA) is 96.9 Å². The Bertz CT molecular complexity index is 498. The maximum atomic E-state index is 12.1. The molecular formula is C13H17N3O3. The van der Waals surface area contributed by atoms with Crippen molar-refractivity contribution in [2.75, 3.05) is 7.11 Å². The second kappa shape index (κ2) is 5.60. The number of benzene rings is 1. The monoisotopic (exact) mass is 263 g/mol. The summed E-state index contributed by atoms with van der Waals surface area (Å²) < 4.78 is 5.07. The number of methoxy groups -OCH3 is 1. The highest BCUT2D eigenvalue weighted by molar-refractivity contribution is 5.98. The summed E-state index contributed by atoms with van der Waals surface area (Å²) in [7, 11) is 1.54.